The average Bonchev–Trinajstić information content (AvgIpc) is 2.48. The summed E-state index contributed by atoms with van der Waals surface area (Å²) in [5.41, 5.74) is 7.88. The van der Waals surface area contributed by atoms with E-state index in [0.717, 1.165) is 10.9 Å². The molecule has 2 heteroatoms. The molecule has 0 bridgehead atoms. The van der Waals surface area contributed by atoms with Crippen molar-refractivity contribution in [2.24, 2.45) is 11.7 Å². The van der Waals surface area contributed by atoms with E-state index in [9.17, 15) is 0 Å². The van der Waals surface area contributed by atoms with E-state index in [1.54, 1.807) is 0 Å². The van der Waals surface area contributed by atoms with E-state index >= 15 is 0 Å². The molecule has 0 aromatic heterocycles. The fourth-order valence-corrected chi connectivity index (χ4v) is 3.41. The van der Waals surface area contributed by atoms with Crippen LogP contribution in [-0.2, 0) is 0 Å². The van der Waals surface area contributed by atoms with E-state index in [1.807, 2.05) is 0 Å². The van der Waals surface area contributed by atoms with Gasteiger partial charge in [0, 0.05) is 10.5 Å². The Hall–Kier alpha value is -0.860. The van der Waals surface area contributed by atoms with Gasteiger partial charge in [0.1, 0.15) is 0 Å². The number of benzene rings is 2. The molecule has 0 fully saturated rings. The van der Waals surface area contributed by atoms with E-state index < -0.39 is 0 Å². The zero-order valence-electron chi connectivity index (χ0n) is 12.4. The molecule has 108 valence electrons. The Morgan fingerprint density at radius 1 is 1.05 bits per heavy atom. The van der Waals surface area contributed by atoms with Gasteiger partial charge in [-0.1, -0.05) is 79.4 Å². The summed E-state index contributed by atoms with van der Waals surface area (Å²) in [7, 11) is 0. The molecule has 0 saturated heterocycles. The van der Waals surface area contributed by atoms with Crippen LogP contribution < -0.4 is 5.73 Å². The van der Waals surface area contributed by atoms with Gasteiger partial charge < -0.3 is 5.73 Å². The molecule has 2 aromatic carbocycles. The Morgan fingerprint density at radius 2 is 1.75 bits per heavy atom. The van der Waals surface area contributed by atoms with Crippen LogP contribution in [0.2, 0.25) is 0 Å². The summed E-state index contributed by atoms with van der Waals surface area (Å²) in [6.07, 6.45) is 4.87. The molecule has 2 aromatic rings. The third kappa shape index (κ3) is 3.24. The van der Waals surface area contributed by atoms with Gasteiger partial charge in [0.15, 0.2) is 0 Å². The first-order valence-corrected chi connectivity index (χ1v) is 8.41. The zero-order chi connectivity index (χ0) is 14.5. The molecule has 0 aliphatic heterocycles. The smallest absolute Gasteiger partial charge is 0.0329 e. The molecule has 0 heterocycles. The van der Waals surface area contributed by atoms with Crippen LogP contribution in [0.3, 0.4) is 0 Å². The summed E-state index contributed by atoms with van der Waals surface area (Å²) in [5.74, 6) is 0.569. The molecule has 0 amide bonds. The molecule has 0 saturated carbocycles. The Kier molecular flexibility index (Phi) is 5.62. The number of unbranched alkanes of at least 4 members (excludes halogenated alkanes) is 1. The standard InChI is InChI=1S/C18H24BrN/c1-3-5-8-13(4-2)18(20)16-11-12-17(19)15-10-7-6-9-14(15)16/h6-7,9-13,18H,3-5,8,20H2,1-2H3. The molecule has 20 heavy (non-hydrogen) atoms. The highest BCUT2D eigenvalue weighted by molar-refractivity contribution is 9.10. The normalized spacial score (nSPS) is 14.4. The summed E-state index contributed by atoms with van der Waals surface area (Å²) in [6, 6.07) is 13.0. The minimum atomic E-state index is 0.129. The molecule has 0 aliphatic rings. The van der Waals surface area contributed by atoms with Crippen LogP contribution in [0.15, 0.2) is 40.9 Å². The molecule has 0 radical (unpaired) electrons. The van der Waals surface area contributed by atoms with Gasteiger partial charge in [-0.3, -0.25) is 0 Å². The first-order valence-electron chi connectivity index (χ1n) is 7.61. The molecule has 2 N–H and O–H groups in total. The van der Waals surface area contributed by atoms with Crippen molar-refractivity contribution < 1.29 is 0 Å². The van der Waals surface area contributed by atoms with Gasteiger partial charge in [0.25, 0.3) is 0 Å². The first-order chi connectivity index (χ1) is 9.69. The van der Waals surface area contributed by atoms with Crippen molar-refractivity contribution in [3.63, 3.8) is 0 Å². The van der Waals surface area contributed by atoms with Crippen LogP contribution in [0.1, 0.15) is 51.1 Å². The predicted octanol–water partition coefficient (Wildman–Crippen LogP) is 5.82. The van der Waals surface area contributed by atoms with Crippen LogP contribution >= 0.6 is 15.9 Å². The van der Waals surface area contributed by atoms with Gasteiger partial charge in [-0.25, -0.2) is 0 Å². The minimum absolute atomic E-state index is 0.129. The Balaban J connectivity index is 2.38. The Morgan fingerprint density at radius 3 is 2.40 bits per heavy atom. The van der Waals surface area contributed by atoms with Crippen LogP contribution in [0.25, 0.3) is 10.8 Å². The van der Waals surface area contributed by atoms with Crippen molar-refractivity contribution >= 4 is 26.7 Å². The van der Waals surface area contributed by atoms with Crippen molar-refractivity contribution in [1.82, 2.24) is 0 Å². The first kappa shape index (κ1) is 15.5. The van der Waals surface area contributed by atoms with Gasteiger partial charge in [0.2, 0.25) is 0 Å². The topological polar surface area (TPSA) is 26.0 Å². The SMILES string of the molecule is CCCCC(CC)C(N)c1ccc(Br)c2ccccc12. The summed E-state index contributed by atoms with van der Waals surface area (Å²) >= 11 is 3.64. The maximum absolute atomic E-state index is 6.59. The Bertz CT molecular complexity index is 564. The quantitative estimate of drug-likeness (QED) is 0.708. The predicted molar refractivity (Wildman–Crippen MR) is 91.9 cm³/mol. The molecular formula is C18H24BrN. The summed E-state index contributed by atoms with van der Waals surface area (Å²) < 4.78 is 1.14. The lowest BCUT2D eigenvalue weighted by atomic mass is 9.85. The molecular weight excluding hydrogens is 310 g/mol. The molecule has 2 unspecified atom stereocenters. The van der Waals surface area contributed by atoms with Gasteiger partial charge in [-0.2, -0.15) is 0 Å². The van der Waals surface area contributed by atoms with Crippen LogP contribution in [0, 0.1) is 5.92 Å². The van der Waals surface area contributed by atoms with E-state index in [4.69, 9.17) is 5.73 Å². The third-order valence-corrected chi connectivity index (χ3v) is 4.92. The van der Waals surface area contributed by atoms with E-state index in [2.05, 4.69) is 66.2 Å². The molecule has 2 rings (SSSR count). The largest absolute Gasteiger partial charge is 0.324 e. The monoisotopic (exact) mass is 333 g/mol. The highest BCUT2D eigenvalue weighted by Gasteiger charge is 2.19. The summed E-state index contributed by atoms with van der Waals surface area (Å²) in [5, 5.41) is 2.54. The number of hydrogen-bond donors (Lipinski definition) is 1. The maximum Gasteiger partial charge on any atom is 0.0329 e. The molecule has 1 nitrogen and oxygen atoms in total. The lowest BCUT2D eigenvalue weighted by Crippen LogP contribution is -2.21. The van der Waals surface area contributed by atoms with Gasteiger partial charge in [0.05, 0.1) is 0 Å². The van der Waals surface area contributed by atoms with E-state index in [1.165, 1.54) is 35.6 Å². The van der Waals surface area contributed by atoms with Gasteiger partial charge in [-0.05, 0) is 34.7 Å². The second-order valence-electron chi connectivity index (χ2n) is 5.52. The number of halogens is 1. The summed E-state index contributed by atoms with van der Waals surface area (Å²) in [6.45, 7) is 4.49. The minimum Gasteiger partial charge on any atom is -0.324 e. The lowest BCUT2D eigenvalue weighted by Gasteiger charge is -2.24. The van der Waals surface area contributed by atoms with E-state index in [0.29, 0.717) is 5.92 Å². The highest BCUT2D eigenvalue weighted by Crippen LogP contribution is 2.34. The van der Waals surface area contributed by atoms with Crippen LogP contribution in [0.4, 0.5) is 0 Å². The second kappa shape index (κ2) is 7.24. The maximum atomic E-state index is 6.59. The van der Waals surface area contributed by atoms with Crippen molar-refractivity contribution in [2.45, 2.75) is 45.6 Å². The molecule has 0 aliphatic carbocycles. The van der Waals surface area contributed by atoms with Crippen LogP contribution in [-0.4, -0.2) is 0 Å². The van der Waals surface area contributed by atoms with Crippen molar-refractivity contribution in [2.75, 3.05) is 0 Å². The number of fused-ring (bicyclic) bond motifs is 1. The lowest BCUT2D eigenvalue weighted by molar-refractivity contribution is 0.380. The second-order valence-corrected chi connectivity index (χ2v) is 6.37. The number of rotatable bonds is 6. The van der Waals surface area contributed by atoms with Crippen molar-refractivity contribution in [3.8, 4) is 0 Å². The zero-order valence-corrected chi connectivity index (χ0v) is 14.0. The number of nitrogens with two attached hydrogens (primary N) is 1. The molecule has 2 atom stereocenters. The molecule has 0 spiro atoms. The van der Waals surface area contributed by atoms with Gasteiger partial charge in [-0.15, -0.1) is 0 Å². The van der Waals surface area contributed by atoms with Crippen molar-refractivity contribution in [1.29, 1.82) is 0 Å². The Labute approximate surface area is 130 Å². The highest BCUT2D eigenvalue weighted by atomic mass is 79.9. The third-order valence-electron chi connectivity index (χ3n) is 4.22. The number of hydrogen-bond acceptors (Lipinski definition) is 1. The van der Waals surface area contributed by atoms with Crippen molar-refractivity contribution in [3.05, 3.63) is 46.4 Å². The fraction of sp³-hybridized carbons (Fsp3) is 0.444. The van der Waals surface area contributed by atoms with Gasteiger partial charge >= 0.3 is 0 Å². The summed E-state index contributed by atoms with van der Waals surface area (Å²) in [4.78, 5) is 0. The fourth-order valence-electron chi connectivity index (χ4n) is 2.93. The average molecular weight is 334 g/mol. The van der Waals surface area contributed by atoms with E-state index in [-0.39, 0.29) is 6.04 Å². The van der Waals surface area contributed by atoms with Crippen LogP contribution in [0.5, 0.6) is 0 Å².